The van der Waals surface area contributed by atoms with Crippen molar-refractivity contribution in [2.45, 2.75) is 32.7 Å². The normalized spacial score (nSPS) is 34.6. The summed E-state index contributed by atoms with van der Waals surface area (Å²) >= 11 is 5.76. The van der Waals surface area contributed by atoms with Gasteiger partial charge in [0, 0.05) is 11.8 Å². The van der Waals surface area contributed by atoms with Crippen molar-refractivity contribution in [1.82, 2.24) is 0 Å². The van der Waals surface area contributed by atoms with E-state index in [1.807, 2.05) is 20.8 Å². The number of nitrogens with zero attached hydrogens (tertiary/aromatic N) is 2. The largest absolute Gasteiger partial charge is 0.255 e. The highest BCUT2D eigenvalue weighted by atomic mass is 35.5. The summed E-state index contributed by atoms with van der Waals surface area (Å²) in [6, 6.07) is 2.19. The molecule has 0 saturated carbocycles. The van der Waals surface area contributed by atoms with Crippen LogP contribution in [0.4, 0.5) is 0 Å². The molecule has 0 amide bonds. The number of hydrogen-bond acceptors (Lipinski definition) is 2. The quantitative estimate of drug-likeness (QED) is 0.550. The van der Waals surface area contributed by atoms with E-state index in [4.69, 9.17) is 16.9 Å². The van der Waals surface area contributed by atoms with Crippen molar-refractivity contribution < 1.29 is 0 Å². The molecule has 0 fully saturated rings. The molecular formula is C8H11ClN2. The van der Waals surface area contributed by atoms with Gasteiger partial charge in [-0.15, -0.1) is 0 Å². The van der Waals surface area contributed by atoms with E-state index >= 15 is 0 Å². The molecule has 1 atom stereocenters. The van der Waals surface area contributed by atoms with Gasteiger partial charge in [-0.25, -0.2) is 0 Å². The summed E-state index contributed by atoms with van der Waals surface area (Å²) in [5.41, 5.74) is -0.761. The fraction of sp³-hybridized carbons (Fsp3) is 0.750. The molecule has 0 radical (unpaired) electrons. The molecule has 1 heterocycles. The summed E-state index contributed by atoms with van der Waals surface area (Å²) in [6.07, 6.45) is 0.707. The minimum Gasteiger partial charge on any atom is -0.255 e. The Labute approximate surface area is 71.9 Å². The van der Waals surface area contributed by atoms with E-state index in [9.17, 15) is 0 Å². The van der Waals surface area contributed by atoms with Gasteiger partial charge in [-0.3, -0.25) is 4.99 Å². The molecule has 0 aliphatic carbocycles. The summed E-state index contributed by atoms with van der Waals surface area (Å²) in [5.74, 6) is 0. The Morgan fingerprint density at radius 2 is 2.09 bits per heavy atom. The molecule has 0 aromatic rings. The molecule has 0 bridgehead atoms. The van der Waals surface area contributed by atoms with Crippen LogP contribution in [0.3, 0.4) is 0 Å². The van der Waals surface area contributed by atoms with E-state index in [0.717, 1.165) is 0 Å². The van der Waals surface area contributed by atoms with Crippen molar-refractivity contribution in [3.05, 3.63) is 0 Å². The summed E-state index contributed by atoms with van der Waals surface area (Å²) in [7, 11) is 0. The van der Waals surface area contributed by atoms with Crippen molar-refractivity contribution in [3.8, 4) is 6.07 Å². The number of aliphatic imine (C=N–C) groups is 1. The molecule has 2 nitrogen and oxygen atoms in total. The van der Waals surface area contributed by atoms with Gasteiger partial charge in [-0.2, -0.15) is 5.26 Å². The van der Waals surface area contributed by atoms with Gasteiger partial charge >= 0.3 is 0 Å². The van der Waals surface area contributed by atoms with E-state index in [1.165, 1.54) is 0 Å². The van der Waals surface area contributed by atoms with Gasteiger partial charge in [0.15, 0.2) is 5.54 Å². The molecule has 0 spiro atoms. The SMILES string of the molecule is CC1(C)CC(Cl)=NC1(C)C#N. The van der Waals surface area contributed by atoms with Crippen LogP contribution < -0.4 is 0 Å². The van der Waals surface area contributed by atoms with Gasteiger partial charge < -0.3 is 0 Å². The predicted molar refractivity (Wildman–Crippen MR) is 45.7 cm³/mol. The highest BCUT2D eigenvalue weighted by Gasteiger charge is 2.46. The van der Waals surface area contributed by atoms with E-state index in [1.54, 1.807) is 0 Å². The van der Waals surface area contributed by atoms with Crippen LogP contribution in [0.1, 0.15) is 27.2 Å². The van der Waals surface area contributed by atoms with E-state index in [-0.39, 0.29) is 5.41 Å². The molecule has 1 aliphatic rings. The third kappa shape index (κ3) is 1.14. The fourth-order valence-electron chi connectivity index (χ4n) is 1.15. The molecule has 0 N–H and O–H groups in total. The number of nitriles is 1. The molecule has 0 aromatic carbocycles. The number of hydrogen-bond donors (Lipinski definition) is 0. The molecular weight excluding hydrogens is 160 g/mol. The van der Waals surface area contributed by atoms with E-state index in [0.29, 0.717) is 11.6 Å². The Hall–Kier alpha value is -0.550. The minimum absolute atomic E-state index is 0.126. The van der Waals surface area contributed by atoms with Gasteiger partial charge in [0.2, 0.25) is 0 Å². The molecule has 60 valence electrons. The van der Waals surface area contributed by atoms with E-state index < -0.39 is 5.54 Å². The Morgan fingerprint density at radius 3 is 2.27 bits per heavy atom. The number of rotatable bonds is 0. The third-order valence-electron chi connectivity index (χ3n) is 2.47. The van der Waals surface area contributed by atoms with Crippen molar-refractivity contribution in [1.29, 1.82) is 5.26 Å². The average molecular weight is 171 g/mol. The predicted octanol–water partition coefficient (Wildman–Crippen LogP) is 2.34. The zero-order valence-corrected chi connectivity index (χ0v) is 7.74. The van der Waals surface area contributed by atoms with Crippen LogP contribution >= 0.6 is 11.6 Å². The van der Waals surface area contributed by atoms with Crippen LogP contribution in [-0.2, 0) is 0 Å². The molecule has 1 aliphatic heterocycles. The summed E-state index contributed by atoms with van der Waals surface area (Å²) < 4.78 is 0. The molecule has 0 saturated heterocycles. The van der Waals surface area contributed by atoms with Crippen LogP contribution in [0, 0.1) is 16.7 Å². The highest BCUT2D eigenvalue weighted by Crippen LogP contribution is 2.43. The zero-order valence-electron chi connectivity index (χ0n) is 6.98. The Balaban J connectivity index is 3.06. The average Bonchev–Trinajstić information content (AvgIpc) is 2.03. The summed E-state index contributed by atoms with van der Waals surface area (Å²) in [5, 5.41) is 9.43. The maximum atomic E-state index is 8.86. The lowest BCUT2D eigenvalue weighted by atomic mass is 9.75. The Bertz CT molecular complexity index is 249. The first kappa shape index (κ1) is 8.55. The first-order valence-corrected chi connectivity index (χ1v) is 3.94. The van der Waals surface area contributed by atoms with Crippen molar-refractivity contribution >= 4 is 16.8 Å². The van der Waals surface area contributed by atoms with E-state index in [2.05, 4.69) is 11.1 Å². The maximum absolute atomic E-state index is 8.86. The third-order valence-corrected chi connectivity index (χ3v) is 2.69. The second-order valence-electron chi connectivity index (χ2n) is 3.73. The molecule has 1 rings (SSSR count). The monoisotopic (exact) mass is 170 g/mol. The van der Waals surface area contributed by atoms with Crippen LogP contribution in [0.2, 0.25) is 0 Å². The van der Waals surface area contributed by atoms with Gasteiger partial charge in [0.25, 0.3) is 0 Å². The fourth-order valence-corrected chi connectivity index (χ4v) is 1.65. The second-order valence-corrected chi connectivity index (χ2v) is 4.17. The van der Waals surface area contributed by atoms with Gasteiger partial charge in [-0.1, -0.05) is 25.4 Å². The van der Waals surface area contributed by atoms with Crippen LogP contribution in [-0.4, -0.2) is 10.7 Å². The maximum Gasteiger partial charge on any atom is 0.150 e. The highest BCUT2D eigenvalue weighted by molar-refractivity contribution is 6.65. The van der Waals surface area contributed by atoms with Crippen LogP contribution in [0.25, 0.3) is 0 Å². The van der Waals surface area contributed by atoms with Gasteiger partial charge in [-0.05, 0) is 6.92 Å². The lowest BCUT2D eigenvalue weighted by molar-refractivity contribution is 0.277. The molecule has 1 unspecified atom stereocenters. The van der Waals surface area contributed by atoms with Gasteiger partial charge in [0.05, 0.1) is 6.07 Å². The topological polar surface area (TPSA) is 36.1 Å². The zero-order chi connectivity index (χ0) is 8.70. The van der Waals surface area contributed by atoms with Crippen molar-refractivity contribution in [2.24, 2.45) is 10.4 Å². The van der Waals surface area contributed by atoms with Crippen molar-refractivity contribution in [3.63, 3.8) is 0 Å². The first-order chi connectivity index (χ1) is 4.91. The second kappa shape index (κ2) is 2.22. The Morgan fingerprint density at radius 1 is 1.55 bits per heavy atom. The standard InChI is InChI=1S/C8H11ClN2/c1-7(2)4-6(9)11-8(7,3)5-10/h4H2,1-3H3. The van der Waals surface area contributed by atoms with Crippen LogP contribution in [0.15, 0.2) is 4.99 Å². The Kier molecular flexibility index (Phi) is 1.72. The summed E-state index contributed by atoms with van der Waals surface area (Å²) in [4.78, 5) is 4.11. The van der Waals surface area contributed by atoms with Crippen molar-refractivity contribution in [2.75, 3.05) is 0 Å². The summed E-state index contributed by atoms with van der Waals surface area (Å²) in [6.45, 7) is 5.84. The minimum atomic E-state index is -0.635. The first-order valence-electron chi connectivity index (χ1n) is 3.57. The lowest BCUT2D eigenvalue weighted by Crippen LogP contribution is -2.34. The van der Waals surface area contributed by atoms with Crippen LogP contribution in [0.5, 0.6) is 0 Å². The van der Waals surface area contributed by atoms with Gasteiger partial charge in [0.1, 0.15) is 5.17 Å². The lowest BCUT2D eigenvalue weighted by Gasteiger charge is -2.28. The molecule has 11 heavy (non-hydrogen) atoms. The smallest absolute Gasteiger partial charge is 0.150 e. The molecule has 3 heteroatoms. The number of halogens is 1. The molecule has 0 aromatic heterocycles.